The number of aryl methyl sites for hydroxylation is 1. The molecule has 10 nitrogen and oxygen atoms in total. The SMILES string of the molecule is CC.Cc1cc(Nc2nc(N3CCCCC3)cnc2C(N)=O)sn1.NC(=O)c1ccncc1. The van der Waals surface area contributed by atoms with Crippen molar-refractivity contribution >= 4 is 40.0 Å². The molecule has 5 N–H and O–H groups in total. The minimum absolute atomic E-state index is 0.145. The Bertz CT molecular complexity index is 1040. The number of hydrogen-bond donors (Lipinski definition) is 3. The number of nitrogens with two attached hydrogens (primary N) is 2. The maximum Gasteiger partial charge on any atom is 0.271 e. The van der Waals surface area contributed by atoms with Crippen LogP contribution in [0.25, 0.3) is 0 Å². The first-order chi connectivity index (χ1) is 15.9. The summed E-state index contributed by atoms with van der Waals surface area (Å²) in [7, 11) is 0. The summed E-state index contributed by atoms with van der Waals surface area (Å²) in [4.78, 5) is 36.6. The van der Waals surface area contributed by atoms with Crippen molar-refractivity contribution < 1.29 is 9.59 Å². The van der Waals surface area contributed by atoms with Gasteiger partial charge in [0.1, 0.15) is 10.8 Å². The molecule has 2 amide bonds. The van der Waals surface area contributed by atoms with Crippen molar-refractivity contribution in [1.82, 2.24) is 19.3 Å². The number of pyridine rings is 1. The van der Waals surface area contributed by atoms with E-state index in [0.29, 0.717) is 11.4 Å². The van der Waals surface area contributed by atoms with Gasteiger partial charge in [-0.3, -0.25) is 14.6 Å². The van der Waals surface area contributed by atoms with Crippen LogP contribution >= 0.6 is 11.5 Å². The molecule has 3 aromatic rings. The third kappa shape index (κ3) is 7.79. The van der Waals surface area contributed by atoms with Crippen LogP contribution in [0.1, 0.15) is 59.7 Å². The molecule has 4 rings (SSSR count). The van der Waals surface area contributed by atoms with E-state index in [1.165, 1.54) is 30.3 Å². The number of rotatable bonds is 5. The number of aromatic nitrogens is 4. The number of anilines is 3. The molecule has 0 radical (unpaired) electrons. The minimum Gasteiger partial charge on any atom is -0.366 e. The largest absolute Gasteiger partial charge is 0.366 e. The van der Waals surface area contributed by atoms with E-state index in [1.54, 1.807) is 18.3 Å². The number of carbonyl (C=O) groups excluding carboxylic acids is 2. The second kappa shape index (κ2) is 13.1. The van der Waals surface area contributed by atoms with E-state index in [0.717, 1.165) is 42.4 Å². The molecule has 3 aromatic heterocycles. The number of primary amides is 2. The minimum atomic E-state index is -0.596. The molecule has 0 unspecified atom stereocenters. The average Bonchev–Trinajstić information content (AvgIpc) is 3.26. The van der Waals surface area contributed by atoms with Crippen molar-refractivity contribution in [3.63, 3.8) is 0 Å². The van der Waals surface area contributed by atoms with E-state index in [-0.39, 0.29) is 5.69 Å². The van der Waals surface area contributed by atoms with Crippen LogP contribution in [0.2, 0.25) is 0 Å². The van der Waals surface area contributed by atoms with Crippen LogP contribution < -0.4 is 21.7 Å². The molecular weight excluding hydrogens is 440 g/mol. The van der Waals surface area contributed by atoms with Gasteiger partial charge in [-0.1, -0.05) is 13.8 Å². The summed E-state index contributed by atoms with van der Waals surface area (Å²) >= 11 is 1.31. The van der Waals surface area contributed by atoms with Gasteiger partial charge in [0.2, 0.25) is 5.91 Å². The van der Waals surface area contributed by atoms with Crippen LogP contribution in [0.3, 0.4) is 0 Å². The normalized spacial score (nSPS) is 12.5. The van der Waals surface area contributed by atoms with Crippen molar-refractivity contribution in [1.29, 1.82) is 0 Å². The van der Waals surface area contributed by atoms with E-state index in [4.69, 9.17) is 11.5 Å². The topological polar surface area (TPSA) is 153 Å². The molecule has 0 aromatic carbocycles. The summed E-state index contributed by atoms with van der Waals surface area (Å²) in [6.07, 6.45) is 8.22. The van der Waals surface area contributed by atoms with Gasteiger partial charge in [-0.15, -0.1) is 0 Å². The Morgan fingerprint density at radius 3 is 2.24 bits per heavy atom. The van der Waals surface area contributed by atoms with E-state index < -0.39 is 11.8 Å². The zero-order valence-electron chi connectivity index (χ0n) is 19.1. The number of piperidine rings is 1. The highest BCUT2D eigenvalue weighted by atomic mass is 32.1. The summed E-state index contributed by atoms with van der Waals surface area (Å²) in [5.74, 6) is 0.145. The fraction of sp³-hybridized carbons (Fsp3) is 0.364. The summed E-state index contributed by atoms with van der Waals surface area (Å²) in [5.41, 5.74) is 11.9. The van der Waals surface area contributed by atoms with Gasteiger partial charge in [-0.05, 0) is 55.9 Å². The smallest absolute Gasteiger partial charge is 0.271 e. The van der Waals surface area contributed by atoms with E-state index in [2.05, 4.69) is 29.5 Å². The fourth-order valence-corrected chi connectivity index (χ4v) is 3.64. The fourth-order valence-electron chi connectivity index (χ4n) is 2.98. The third-order valence-corrected chi connectivity index (χ3v) is 5.30. The Morgan fingerprint density at radius 1 is 1.06 bits per heavy atom. The first kappa shape index (κ1) is 25.7. The highest BCUT2D eigenvalue weighted by Gasteiger charge is 2.18. The zero-order valence-corrected chi connectivity index (χ0v) is 19.9. The number of carbonyl (C=O) groups is 2. The van der Waals surface area contributed by atoms with E-state index in [1.807, 2.05) is 26.8 Å². The second-order valence-electron chi connectivity index (χ2n) is 6.90. The predicted octanol–water partition coefficient (Wildman–Crippen LogP) is 3.28. The van der Waals surface area contributed by atoms with Crippen LogP contribution in [0.4, 0.5) is 16.6 Å². The Hall–Kier alpha value is -3.60. The highest BCUT2D eigenvalue weighted by Crippen LogP contribution is 2.25. The maximum atomic E-state index is 11.6. The van der Waals surface area contributed by atoms with E-state index in [9.17, 15) is 9.59 Å². The predicted molar refractivity (Wildman–Crippen MR) is 131 cm³/mol. The molecule has 1 aliphatic heterocycles. The molecule has 11 heteroatoms. The van der Waals surface area contributed by atoms with Gasteiger partial charge in [0.25, 0.3) is 5.91 Å². The lowest BCUT2D eigenvalue weighted by atomic mass is 10.1. The molecule has 0 bridgehead atoms. The van der Waals surface area contributed by atoms with Crippen molar-refractivity contribution in [2.24, 2.45) is 11.5 Å². The number of amides is 2. The quantitative estimate of drug-likeness (QED) is 0.513. The number of nitrogens with zero attached hydrogens (tertiary/aromatic N) is 5. The van der Waals surface area contributed by atoms with Crippen LogP contribution in [-0.4, -0.2) is 44.2 Å². The van der Waals surface area contributed by atoms with Crippen molar-refractivity contribution in [2.75, 3.05) is 23.3 Å². The lowest BCUT2D eigenvalue weighted by Gasteiger charge is -2.27. The summed E-state index contributed by atoms with van der Waals surface area (Å²) in [5, 5.41) is 3.92. The summed E-state index contributed by atoms with van der Waals surface area (Å²) in [6, 6.07) is 5.04. The van der Waals surface area contributed by atoms with Crippen LogP contribution in [-0.2, 0) is 0 Å². The van der Waals surface area contributed by atoms with Crippen LogP contribution in [0.5, 0.6) is 0 Å². The van der Waals surface area contributed by atoms with Gasteiger partial charge in [0, 0.05) is 31.0 Å². The van der Waals surface area contributed by atoms with Crippen molar-refractivity contribution in [3.05, 3.63) is 53.7 Å². The average molecular weight is 471 g/mol. The lowest BCUT2D eigenvalue weighted by Crippen LogP contribution is -2.30. The number of nitrogens with one attached hydrogen (secondary N) is 1. The van der Waals surface area contributed by atoms with Crippen molar-refractivity contribution in [3.8, 4) is 0 Å². The van der Waals surface area contributed by atoms with Crippen LogP contribution in [0.15, 0.2) is 36.8 Å². The van der Waals surface area contributed by atoms with Crippen LogP contribution in [0, 0.1) is 6.92 Å². The van der Waals surface area contributed by atoms with Gasteiger partial charge in [-0.2, -0.15) is 4.37 Å². The van der Waals surface area contributed by atoms with Gasteiger partial charge in [0.05, 0.1) is 11.9 Å². The van der Waals surface area contributed by atoms with Gasteiger partial charge in [-0.25, -0.2) is 9.97 Å². The Labute approximate surface area is 197 Å². The van der Waals surface area contributed by atoms with Gasteiger partial charge < -0.3 is 21.7 Å². The molecule has 1 fully saturated rings. The Kier molecular flexibility index (Phi) is 10.2. The molecule has 0 atom stereocenters. The summed E-state index contributed by atoms with van der Waals surface area (Å²) < 4.78 is 4.20. The Balaban J connectivity index is 0.000000293. The summed E-state index contributed by atoms with van der Waals surface area (Å²) in [6.45, 7) is 7.83. The van der Waals surface area contributed by atoms with E-state index >= 15 is 0 Å². The molecule has 1 saturated heterocycles. The van der Waals surface area contributed by atoms with Crippen molar-refractivity contribution in [2.45, 2.75) is 40.0 Å². The molecule has 0 aliphatic carbocycles. The molecule has 0 spiro atoms. The first-order valence-corrected chi connectivity index (χ1v) is 11.5. The maximum absolute atomic E-state index is 11.6. The first-order valence-electron chi connectivity index (χ1n) is 10.8. The molecule has 176 valence electrons. The third-order valence-electron chi connectivity index (χ3n) is 4.51. The highest BCUT2D eigenvalue weighted by molar-refractivity contribution is 7.10. The monoisotopic (exact) mass is 470 g/mol. The zero-order chi connectivity index (χ0) is 24.2. The standard InChI is InChI=1S/C14H18N6OS.C6H6N2O.C2H6/c1-9-7-11(22-19-9)18-14-12(13(15)21)16-8-10(17-14)20-5-3-2-4-6-20;7-6(9)5-1-3-8-4-2-5;1-2/h7-8H,2-6H2,1H3,(H2,15,21)(H,17,18);1-4H,(H2,7,9);1-2H3. The molecule has 4 heterocycles. The number of hydrogen-bond acceptors (Lipinski definition) is 9. The lowest BCUT2D eigenvalue weighted by molar-refractivity contribution is 0.0989. The molecule has 33 heavy (non-hydrogen) atoms. The van der Waals surface area contributed by atoms with Gasteiger partial charge >= 0.3 is 0 Å². The molecular formula is C22H30N8O2S. The molecule has 0 saturated carbocycles. The second-order valence-corrected chi connectivity index (χ2v) is 7.70. The molecule has 1 aliphatic rings. The van der Waals surface area contributed by atoms with Gasteiger partial charge in [0.15, 0.2) is 11.5 Å². The Morgan fingerprint density at radius 2 is 1.73 bits per heavy atom.